The predicted molar refractivity (Wildman–Crippen MR) is 103 cm³/mol. The van der Waals surface area contributed by atoms with Crippen molar-refractivity contribution in [2.75, 3.05) is 47.0 Å². The molecule has 2 aromatic rings. The first-order valence-electron chi connectivity index (χ1n) is 9.08. The second kappa shape index (κ2) is 9.28. The molecule has 1 aliphatic heterocycles. The van der Waals surface area contributed by atoms with Gasteiger partial charge in [0, 0.05) is 32.7 Å². The predicted octanol–water partition coefficient (Wildman–Crippen LogP) is 2.43. The van der Waals surface area contributed by atoms with E-state index in [1.807, 2.05) is 29.2 Å². The fourth-order valence-corrected chi connectivity index (χ4v) is 3.09. The molecule has 27 heavy (non-hydrogen) atoms. The van der Waals surface area contributed by atoms with Crippen molar-refractivity contribution in [3.05, 3.63) is 54.1 Å². The SMILES string of the molecule is COc1ccc(OCC(=O)N2CCN(Cc3cccc(OC)c3)CC2)cc1. The lowest BCUT2D eigenvalue weighted by Gasteiger charge is -2.34. The van der Waals surface area contributed by atoms with E-state index in [-0.39, 0.29) is 12.5 Å². The average molecular weight is 370 g/mol. The second-order valence-corrected chi connectivity index (χ2v) is 6.47. The first-order valence-corrected chi connectivity index (χ1v) is 9.08. The summed E-state index contributed by atoms with van der Waals surface area (Å²) in [5.41, 5.74) is 1.22. The van der Waals surface area contributed by atoms with Crippen LogP contribution in [0, 0.1) is 0 Å². The summed E-state index contributed by atoms with van der Waals surface area (Å²) < 4.78 is 16.0. The van der Waals surface area contributed by atoms with Crippen molar-refractivity contribution < 1.29 is 19.0 Å². The molecule has 1 amide bonds. The molecule has 2 aromatic carbocycles. The van der Waals surface area contributed by atoms with Crippen LogP contribution in [0.2, 0.25) is 0 Å². The van der Waals surface area contributed by atoms with E-state index in [1.54, 1.807) is 26.4 Å². The van der Waals surface area contributed by atoms with Gasteiger partial charge in [0.05, 0.1) is 14.2 Å². The molecule has 0 radical (unpaired) electrons. The number of hydrogen-bond donors (Lipinski definition) is 0. The Bertz CT molecular complexity index is 740. The third kappa shape index (κ3) is 5.37. The average Bonchev–Trinajstić information content (AvgIpc) is 2.73. The Morgan fingerprint density at radius 2 is 1.56 bits per heavy atom. The zero-order valence-corrected chi connectivity index (χ0v) is 15.9. The molecule has 6 nitrogen and oxygen atoms in total. The maximum Gasteiger partial charge on any atom is 0.260 e. The minimum atomic E-state index is 0.0202. The van der Waals surface area contributed by atoms with Crippen molar-refractivity contribution in [3.8, 4) is 17.2 Å². The summed E-state index contributed by atoms with van der Waals surface area (Å²) in [6, 6.07) is 15.3. The Morgan fingerprint density at radius 3 is 2.22 bits per heavy atom. The van der Waals surface area contributed by atoms with E-state index in [1.165, 1.54) is 5.56 Å². The normalized spacial score (nSPS) is 14.7. The van der Waals surface area contributed by atoms with Crippen molar-refractivity contribution in [1.29, 1.82) is 0 Å². The molecular weight excluding hydrogens is 344 g/mol. The van der Waals surface area contributed by atoms with E-state index in [0.29, 0.717) is 5.75 Å². The van der Waals surface area contributed by atoms with Gasteiger partial charge in [-0.05, 0) is 42.0 Å². The van der Waals surface area contributed by atoms with E-state index >= 15 is 0 Å². The van der Waals surface area contributed by atoms with E-state index in [4.69, 9.17) is 14.2 Å². The van der Waals surface area contributed by atoms with Crippen molar-refractivity contribution in [3.63, 3.8) is 0 Å². The van der Waals surface area contributed by atoms with E-state index < -0.39 is 0 Å². The van der Waals surface area contributed by atoms with Crippen LogP contribution in [0.25, 0.3) is 0 Å². The fourth-order valence-electron chi connectivity index (χ4n) is 3.09. The van der Waals surface area contributed by atoms with Crippen LogP contribution in [0.3, 0.4) is 0 Å². The Balaban J connectivity index is 1.43. The van der Waals surface area contributed by atoms with Gasteiger partial charge in [0.15, 0.2) is 6.61 Å². The Kier molecular flexibility index (Phi) is 6.54. The molecule has 1 heterocycles. The van der Waals surface area contributed by atoms with E-state index in [0.717, 1.165) is 44.2 Å². The lowest BCUT2D eigenvalue weighted by Crippen LogP contribution is -2.49. The fraction of sp³-hybridized carbons (Fsp3) is 0.381. The maximum absolute atomic E-state index is 12.4. The van der Waals surface area contributed by atoms with Crippen LogP contribution in [0.15, 0.2) is 48.5 Å². The van der Waals surface area contributed by atoms with Crippen LogP contribution in [-0.4, -0.2) is 62.7 Å². The second-order valence-electron chi connectivity index (χ2n) is 6.47. The zero-order valence-electron chi connectivity index (χ0n) is 15.9. The summed E-state index contributed by atoms with van der Waals surface area (Å²) in [6.45, 7) is 4.06. The highest BCUT2D eigenvalue weighted by atomic mass is 16.5. The van der Waals surface area contributed by atoms with Gasteiger partial charge in [-0.25, -0.2) is 0 Å². The Labute approximate surface area is 160 Å². The van der Waals surface area contributed by atoms with Gasteiger partial charge in [0.1, 0.15) is 17.2 Å². The smallest absolute Gasteiger partial charge is 0.260 e. The number of piperazine rings is 1. The highest BCUT2D eigenvalue weighted by Crippen LogP contribution is 2.18. The lowest BCUT2D eigenvalue weighted by molar-refractivity contribution is -0.135. The number of ether oxygens (including phenoxy) is 3. The van der Waals surface area contributed by atoms with E-state index in [2.05, 4.69) is 17.0 Å². The minimum Gasteiger partial charge on any atom is -0.497 e. The molecule has 0 spiro atoms. The Hall–Kier alpha value is -2.73. The van der Waals surface area contributed by atoms with Crippen LogP contribution < -0.4 is 14.2 Å². The largest absolute Gasteiger partial charge is 0.497 e. The van der Waals surface area contributed by atoms with Crippen molar-refractivity contribution in [2.45, 2.75) is 6.54 Å². The number of rotatable bonds is 7. The summed E-state index contributed by atoms with van der Waals surface area (Å²) in [5, 5.41) is 0. The maximum atomic E-state index is 12.4. The number of carbonyl (C=O) groups is 1. The molecule has 0 saturated carbocycles. The summed E-state index contributed by atoms with van der Waals surface area (Å²) in [7, 11) is 3.30. The molecule has 0 bridgehead atoms. The van der Waals surface area contributed by atoms with Gasteiger partial charge in [0.2, 0.25) is 0 Å². The highest BCUT2D eigenvalue weighted by molar-refractivity contribution is 5.77. The van der Waals surface area contributed by atoms with Crippen LogP contribution in [0.4, 0.5) is 0 Å². The summed E-state index contributed by atoms with van der Waals surface area (Å²) in [6.07, 6.45) is 0. The van der Waals surface area contributed by atoms with Gasteiger partial charge in [0.25, 0.3) is 5.91 Å². The first-order chi connectivity index (χ1) is 13.2. The van der Waals surface area contributed by atoms with Crippen LogP contribution in [0.1, 0.15) is 5.56 Å². The summed E-state index contributed by atoms with van der Waals surface area (Å²) >= 11 is 0. The summed E-state index contributed by atoms with van der Waals surface area (Å²) in [4.78, 5) is 16.6. The van der Waals surface area contributed by atoms with Crippen molar-refractivity contribution in [2.24, 2.45) is 0 Å². The van der Waals surface area contributed by atoms with E-state index in [9.17, 15) is 4.79 Å². The Morgan fingerprint density at radius 1 is 0.889 bits per heavy atom. The van der Waals surface area contributed by atoms with Gasteiger partial charge in [-0.1, -0.05) is 12.1 Å². The molecule has 0 atom stereocenters. The molecule has 3 rings (SSSR count). The standard InChI is InChI=1S/C21H26N2O4/c1-25-18-6-8-19(9-7-18)27-16-21(24)23-12-10-22(11-13-23)15-17-4-3-5-20(14-17)26-2/h3-9,14H,10-13,15-16H2,1-2H3. The molecule has 144 valence electrons. The van der Waals surface area contributed by atoms with Crippen LogP contribution >= 0.6 is 0 Å². The monoisotopic (exact) mass is 370 g/mol. The van der Waals surface area contributed by atoms with Gasteiger partial charge in [-0.3, -0.25) is 9.69 Å². The topological polar surface area (TPSA) is 51.2 Å². The molecule has 0 N–H and O–H groups in total. The number of amides is 1. The van der Waals surface area contributed by atoms with Gasteiger partial charge >= 0.3 is 0 Å². The van der Waals surface area contributed by atoms with Crippen LogP contribution in [-0.2, 0) is 11.3 Å². The number of hydrogen-bond acceptors (Lipinski definition) is 5. The number of benzene rings is 2. The van der Waals surface area contributed by atoms with Gasteiger partial charge in [-0.15, -0.1) is 0 Å². The van der Waals surface area contributed by atoms with Crippen molar-refractivity contribution >= 4 is 5.91 Å². The number of methoxy groups -OCH3 is 2. The molecule has 0 aromatic heterocycles. The quantitative estimate of drug-likeness (QED) is 0.749. The summed E-state index contributed by atoms with van der Waals surface area (Å²) in [5.74, 6) is 2.32. The highest BCUT2D eigenvalue weighted by Gasteiger charge is 2.21. The molecular formula is C21H26N2O4. The molecule has 0 unspecified atom stereocenters. The van der Waals surface area contributed by atoms with Gasteiger partial charge < -0.3 is 19.1 Å². The molecule has 0 aliphatic carbocycles. The molecule has 1 fully saturated rings. The lowest BCUT2D eigenvalue weighted by atomic mass is 10.2. The molecule has 6 heteroatoms. The van der Waals surface area contributed by atoms with Crippen LogP contribution in [0.5, 0.6) is 17.2 Å². The number of nitrogens with zero attached hydrogens (tertiary/aromatic N) is 2. The minimum absolute atomic E-state index is 0.0202. The first kappa shape index (κ1) is 19.0. The molecule has 1 saturated heterocycles. The number of carbonyl (C=O) groups excluding carboxylic acids is 1. The third-order valence-corrected chi connectivity index (χ3v) is 4.69. The van der Waals surface area contributed by atoms with Crippen molar-refractivity contribution in [1.82, 2.24) is 9.80 Å². The molecule has 1 aliphatic rings. The van der Waals surface area contributed by atoms with Gasteiger partial charge in [-0.2, -0.15) is 0 Å². The third-order valence-electron chi connectivity index (χ3n) is 4.69. The zero-order chi connectivity index (χ0) is 19.1.